The van der Waals surface area contributed by atoms with Crippen LogP contribution in [-0.2, 0) is 11.3 Å². The number of carbonyl (C=O) groups excluding carboxylic acids is 1. The molecule has 1 amide bonds. The zero-order valence-corrected chi connectivity index (χ0v) is 17.7. The number of methoxy groups -OCH3 is 1. The molecule has 0 unspecified atom stereocenters. The first kappa shape index (κ1) is 20.0. The summed E-state index contributed by atoms with van der Waals surface area (Å²) < 4.78 is 5.34. The van der Waals surface area contributed by atoms with Gasteiger partial charge in [-0.05, 0) is 65.7 Å². The first-order valence-electron chi connectivity index (χ1n) is 9.68. The predicted octanol–water partition coefficient (Wildman–Crippen LogP) is 5.81. The molecule has 1 aliphatic rings. The smallest absolute Gasteiger partial charge is 0.267 e. The third-order valence-corrected chi connectivity index (χ3v) is 5.78. The molecule has 0 saturated carbocycles. The molecule has 0 radical (unpaired) electrons. The van der Waals surface area contributed by atoms with Crippen molar-refractivity contribution in [2.24, 2.45) is 4.99 Å². The first-order valence-corrected chi connectivity index (χ1v) is 10.5. The molecule has 0 bridgehead atoms. The molecule has 4 nitrogen and oxygen atoms in total. The summed E-state index contributed by atoms with van der Waals surface area (Å²) in [4.78, 5) is 20.4. The highest BCUT2D eigenvalue weighted by Gasteiger charge is 2.33. The lowest BCUT2D eigenvalue weighted by atomic mass is 10.1. The van der Waals surface area contributed by atoms with Crippen LogP contribution in [0.3, 0.4) is 0 Å². The molecule has 3 aromatic rings. The SMILES string of the molecule is COc1ccc(/C=C2/SC(=Nc3ccccc3)N(Cc3ccccc3)C2=O)cc1C. The zero-order chi connectivity index (χ0) is 20.9. The minimum absolute atomic E-state index is 0.0352. The second kappa shape index (κ2) is 9.01. The molecule has 4 rings (SSSR count). The van der Waals surface area contributed by atoms with Crippen LogP contribution in [0.25, 0.3) is 6.08 Å². The first-order chi connectivity index (χ1) is 14.6. The van der Waals surface area contributed by atoms with Gasteiger partial charge >= 0.3 is 0 Å². The number of para-hydroxylation sites is 1. The number of amidine groups is 1. The average molecular weight is 415 g/mol. The predicted molar refractivity (Wildman–Crippen MR) is 124 cm³/mol. The monoisotopic (exact) mass is 414 g/mol. The van der Waals surface area contributed by atoms with Crippen LogP contribution in [0.2, 0.25) is 0 Å². The summed E-state index contributed by atoms with van der Waals surface area (Å²) in [6, 6.07) is 25.6. The van der Waals surface area contributed by atoms with Gasteiger partial charge in [0.1, 0.15) is 5.75 Å². The van der Waals surface area contributed by atoms with Crippen molar-refractivity contribution in [3.05, 3.63) is 100 Å². The lowest BCUT2D eigenvalue weighted by Gasteiger charge is -2.15. The van der Waals surface area contributed by atoms with E-state index in [1.54, 1.807) is 12.0 Å². The lowest BCUT2D eigenvalue weighted by molar-refractivity contribution is -0.122. The number of thioether (sulfide) groups is 1. The zero-order valence-electron chi connectivity index (χ0n) is 16.9. The molecule has 3 aromatic carbocycles. The summed E-state index contributed by atoms with van der Waals surface area (Å²) in [5, 5.41) is 0.687. The van der Waals surface area contributed by atoms with E-state index >= 15 is 0 Å². The quantitative estimate of drug-likeness (QED) is 0.495. The lowest BCUT2D eigenvalue weighted by Crippen LogP contribution is -2.28. The number of nitrogens with zero attached hydrogens (tertiary/aromatic N) is 2. The summed E-state index contributed by atoms with van der Waals surface area (Å²) in [6.45, 7) is 2.48. The van der Waals surface area contributed by atoms with E-state index in [1.165, 1.54) is 11.8 Å². The van der Waals surface area contributed by atoms with Crippen LogP contribution < -0.4 is 4.74 Å². The van der Waals surface area contributed by atoms with E-state index in [0.717, 1.165) is 28.1 Å². The average Bonchev–Trinajstić information content (AvgIpc) is 3.04. The van der Waals surface area contributed by atoms with Gasteiger partial charge in [-0.3, -0.25) is 9.69 Å². The maximum Gasteiger partial charge on any atom is 0.267 e. The van der Waals surface area contributed by atoms with E-state index in [0.29, 0.717) is 16.6 Å². The molecule has 0 N–H and O–H groups in total. The second-order valence-corrected chi connectivity index (χ2v) is 7.96. The van der Waals surface area contributed by atoms with Gasteiger partial charge in [-0.2, -0.15) is 0 Å². The summed E-state index contributed by atoms with van der Waals surface area (Å²) in [5.41, 5.74) is 3.88. The van der Waals surface area contributed by atoms with Crippen LogP contribution in [0.4, 0.5) is 5.69 Å². The number of hydrogen-bond donors (Lipinski definition) is 0. The molecule has 1 fully saturated rings. The number of ether oxygens (including phenoxy) is 1. The van der Waals surface area contributed by atoms with Crippen molar-refractivity contribution in [3.8, 4) is 5.75 Å². The maximum atomic E-state index is 13.3. The van der Waals surface area contributed by atoms with Crippen LogP contribution in [-0.4, -0.2) is 23.1 Å². The Hall–Kier alpha value is -3.31. The van der Waals surface area contributed by atoms with Gasteiger partial charge < -0.3 is 4.74 Å². The Bertz CT molecular complexity index is 1110. The number of aryl methyl sites for hydroxylation is 1. The van der Waals surface area contributed by atoms with Crippen LogP contribution >= 0.6 is 11.8 Å². The molecule has 30 heavy (non-hydrogen) atoms. The molecule has 1 aliphatic heterocycles. The van der Waals surface area contributed by atoms with Gasteiger partial charge in [-0.15, -0.1) is 0 Å². The Kier molecular flexibility index (Phi) is 6.00. The Morgan fingerprint density at radius 3 is 2.37 bits per heavy atom. The minimum Gasteiger partial charge on any atom is -0.496 e. The molecular formula is C25H22N2O2S. The van der Waals surface area contributed by atoms with Gasteiger partial charge in [-0.25, -0.2) is 4.99 Å². The Morgan fingerprint density at radius 1 is 1.00 bits per heavy atom. The van der Waals surface area contributed by atoms with Gasteiger partial charge in [0, 0.05) is 0 Å². The molecule has 1 saturated heterocycles. The van der Waals surface area contributed by atoms with Crippen molar-refractivity contribution >= 4 is 34.6 Å². The fraction of sp³-hybridized carbons (Fsp3) is 0.120. The van der Waals surface area contributed by atoms with E-state index in [-0.39, 0.29) is 5.91 Å². The fourth-order valence-corrected chi connectivity index (χ4v) is 4.25. The molecule has 150 valence electrons. The topological polar surface area (TPSA) is 41.9 Å². The highest BCUT2D eigenvalue weighted by molar-refractivity contribution is 8.18. The molecule has 5 heteroatoms. The van der Waals surface area contributed by atoms with Crippen molar-refractivity contribution in [2.75, 3.05) is 7.11 Å². The Morgan fingerprint density at radius 2 is 1.70 bits per heavy atom. The van der Waals surface area contributed by atoms with Crippen LogP contribution in [0.15, 0.2) is 88.8 Å². The van der Waals surface area contributed by atoms with Crippen molar-refractivity contribution < 1.29 is 9.53 Å². The number of benzene rings is 3. The van der Waals surface area contributed by atoms with Crippen LogP contribution in [0.5, 0.6) is 5.75 Å². The standard InChI is InChI=1S/C25H22N2O2S/c1-18-15-20(13-14-22(18)29-2)16-23-24(28)27(17-19-9-5-3-6-10-19)25(30-23)26-21-11-7-4-8-12-21/h3-16H,17H2,1-2H3/b23-16+,26-25?. The largest absolute Gasteiger partial charge is 0.496 e. The molecule has 1 heterocycles. The van der Waals surface area contributed by atoms with E-state index in [2.05, 4.69) is 0 Å². The highest BCUT2D eigenvalue weighted by atomic mass is 32.2. The van der Waals surface area contributed by atoms with E-state index in [1.807, 2.05) is 91.9 Å². The van der Waals surface area contributed by atoms with Gasteiger partial charge in [0.15, 0.2) is 5.17 Å². The number of amides is 1. The molecule has 0 aliphatic carbocycles. The minimum atomic E-state index is -0.0352. The van der Waals surface area contributed by atoms with E-state index in [9.17, 15) is 4.79 Å². The summed E-state index contributed by atoms with van der Waals surface area (Å²) in [5.74, 6) is 0.798. The number of hydrogen-bond acceptors (Lipinski definition) is 4. The van der Waals surface area contributed by atoms with Gasteiger partial charge in [0.05, 0.1) is 24.2 Å². The van der Waals surface area contributed by atoms with E-state index in [4.69, 9.17) is 9.73 Å². The van der Waals surface area contributed by atoms with Gasteiger partial charge in [0.2, 0.25) is 0 Å². The Balaban J connectivity index is 1.69. The Labute approximate surface area is 180 Å². The molecule has 0 aromatic heterocycles. The molecule has 0 atom stereocenters. The van der Waals surface area contributed by atoms with Gasteiger partial charge in [0.25, 0.3) is 5.91 Å². The summed E-state index contributed by atoms with van der Waals surface area (Å²) in [6.07, 6.45) is 1.92. The molecule has 0 spiro atoms. The van der Waals surface area contributed by atoms with Crippen LogP contribution in [0.1, 0.15) is 16.7 Å². The molecular weight excluding hydrogens is 392 g/mol. The van der Waals surface area contributed by atoms with Crippen LogP contribution in [0, 0.1) is 6.92 Å². The highest BCUT2D eigenvalue weighted by Crippen LogP contribution is 2.35. The number of rotatable bonds is 5. The number of aliphatic imine (C=N–C) groups is 1. The summed E-state index contributed by atoms with van der Waals surface area (Å²) in [7, 11) is 1.66. The summed E-state index contributed by atoms with van der Waals surface area (Å²) >= 11 is 1.41. The number of carbonyl (C=O) groups is 1. The van der Waals surface area contributed by atoms with Crippen molar-refractivity contribution in [1.82, 2.24) is 4.90 Å². The van der Waals surface area contributed by atoms with Crippen molar-refractivity contribution in [1.29, 1.82) is 0 Å². The van der Waals surface area contributed by atoms with Crippen molar-refractivity contribution in [2.45, 2.75) is 13.5 Å². The van der Waals surface area contributed by atoms with Gasteiger partial charge in [-0.1, -0.05) is 54.6 Å². The maximum absolute atomic E-state index is 13.3. The fourth-order valence-electron chi connectivity index (χ4n) is 3.25. The normalized spacial score (nSPS) is 16.5. The van der Waals surface area contributed by atoms with Crippen molar-refractivity contribution in [3.63, 3.8) is 0 Å². The second-order valence-electron chi connectivity index (χ2n) is 6.95. The third-order valence-electron chi connectivity index (χ3n) is 4.77. The van der Waals surface area contributed by atoms with E-state index < -0.39 is 0 Å². The third kappa shape index (κ3) is 4.47.